The Morgan fingerprint density at radius 1 is 1.15 bits per heavy atom. The third-order valence-corrected chi connectivity index (χ3v) is 9.22. The number of halogens is 1. The number of anilines is 1. The minimum absolute atomic E-state index is 0.0389. The van der Waals surface area contributed by atoms with E-state index in [-0.39, 0.29) is 22.1 Å². The number of aryl methyl sites for hydroxylation is 1. The molecule has 0 spiro atoms. The van der Waals surface area contributed by atoms with E-state index in [9.17, 15) is 13.2 Å². The van der Waals surface area contributed by atoms with Gasteiger partial charge in [-0.15, -0.1) is 0 Å². The van der Waals surface area contributed by atoms with Gasteiger partial charge in [-0.2, -0.15) is 0 Å². The predicted molar refractivity (Wildman–Crippen MR) is 135 cm³/mol. The Hall–Kier alpha value is -2.20. The van der Waals surface area contributed by atoms with Gasteiger partial charge in [0.2, 0.25) is 0 Å². The number of amides is 1. The monoisotopic (exact) mass is 506 g/mol. The summed E-state index contributed by atoms with van der Waals surface area (Å²) in [4.78, 5) is 22.1. The molecular weight excluding hydrogens is 480 g/mol. The topological polar surface area (TPSA) is 82.6 Å². The number of carbonyl (C=O) groups is 1. The molecule has 0 radical (unpaired) electrons. The van der Waals surface area contributed by atoms with Crippen molar-refractivity contribution in [1.82, 2.24) is 15.2 Å². The lowest BCUT2D eigenvalue weighted by atomic mass is 10.2. The summed E-state index contributed by atoms with van der Waals surface area (Å²) in [6.45, 7) is 8.19. The summed E-state index contributed by atoms with van der Waals surface area (Å²) in [5.74, 6) is -0.396. The van der Waals surface area contributed by atoms with Crippen LogP contribution in [0.5, 0.6) is 0 Å². The van der Waals surface area contributed by atoms with Gasteiger partial charge in [0.05, 0.1) is 26.4 Å². The number of benzene rings is 2. The van der Waals surface area contributed by atoms with Crippen molar-refractivity contribution < 1.29 is 13.2 Å². The lowest BCUT2D eigenvalue weighted by Crippen LogP contribution is -2.48. The summed E-state index contributed by atoms with van der Waals surface area (Å²) in [5, 5.41) is 4.62. The molecule has 1 N–H and O–H groups in total. The van der Waals surface area contributed by atoms with Gasteiger partial charge < -0.3 is 10.2 Å². The van der Waals surface area contributed by atoms with E-state index in [1.165, 1.54) is 6.07 Å². The second kappa shape index (κ2) is 9.97. The highest BCUT2D eigenvalue weighted by molar-refractivity contribution is 7.91. The quantitative estimate of drug-likeness (QED) is 0.527. The molecule has 2 aromatic carbocycles. The van der Waals surface area contributed by atoms with Crippen LogP contribution in [0.4, 0.5) is 5.13 Å². The number of aromatic nitrogens is 1. The highest BCUT2D eigenvalue weighted by Crippen LogP contribution is 2.33. The van der Waals surface area contributed by atoms with Crippen LogP contribution >= 0.6 is 22.9 Å². The molecule has 0 unspecified atom stereocenters. The molecule has 4 rings (SSSR count). The fourth-order valence-electron chi connectivity index (χ4n) is 3.89. The summed E-state index contributed by atoms with van der Waals surface area (Å²) >= 11 is 7.92. The van der Waals surface area contributed by atoms with Gasteiger partial charge in [-0.1, -0.05) is 42.0 Å². The number of thiazole rings is 1. The summed E-state index contributed by atoms with van der Waals surface area (Å²) in [7, 11) is -3.46. The predicted octanol–water partition coefficient (Wildman–Crippen LogP) is 3.60. The van der Waals surface area contributed by atoms with E-state index in [2.05, 4.69) is 15.1 Å². The summed E-state index contributed by atoms with van der Waals surface area (Å²) in [6.07, 6.45) is 0. The van der Waals surface area contributed by atoms with E-state index in [0.717, 1.165) is 52.1 Å². The molecule has 1 aliphatic rings. The van der Waals surface area contributed by atoms with Crippen molar-refractivity contribution in [3.05, 3.63) is 52.5 Å². The Kier molecular flexibility index (Phi) is 7.23. The minimum atomic E-state index is -3.46. The van der Waals surface area contributed by atoms with Gasteiger partial charge >= 0.3 is 0 Å². The Morgan fingerprint density at radius 3 is 2.61 bits per heavy atom. The van der Waals surface area contributed by atoms with E-state index in [4.69, 9.17) is 16.6 Å². The standard InChI is InChI=1S/C23H27ClN4O3S2/c1-3-33(30,31)20-7-5-4-6-17(20)22(29)25-10-11-27-12-14-28(15-13-27)23-26-21-16(2)18(24)8-9-19(21)32-23/h4-9H,3,10-15H2,1-2H3,(H,25,29). The summed E-state index contributed by atoms with van der Waals surface area (Å²) in [5.41, 5.74) is 2.19. The van der Waals surface area contributed by atoms with Crippen LogP contribution in [0.25, 0.3) is 10.2 Å². The third kappa shape index (κ3) is 5.16. The van der Waals surface area contributed by atoms with E-state index in [1.807, 2.05) is 19.1 Å². The van der Waals surface area contributed by atoms with Crippen LogP contribution in [0.3, 0.4) is 0 Å². The Morgan fingerprint density at radius 2 is 1.88 bits per heavy atom. The van der Waals surface area contributed by atoms with Gasteiger partial charge in [0, 0.05) is 44.3 Å². The highest BCUT2D eigenvalue weighted by Gasteiger charge is 2.22. The number of fused-ring (bicyclic) bond motifs is 1. The number of sulfone groups is 1. The fourth-order valence-corrected chi connectivity index (χ4v) is 6.21. The molecule has 10 heteroatoms. The third-order valence-electron chi connectivity index (χ3n) is 5.94. The molecule has 0 atom stereocenters. The zero-order chi connectivity index (χ0) is 23.6. The molecule has 176 valence electrons. The van der Waals surface area contributed by atoms with Crippen LogP contribution in [-0.4, -0.2) is 69.2 Å². The molecule has 33 heavy (non-hydrogen) atoms. The number of carbonyl (C=O) groups excluding carboxylic acids is 1. The van der Waals surface area contributed by atoms with Crippen molar-refractivity contribution >= 4 is 54.0 Å². The second-order valence-corrected chi connectivity index (χ2v) is 11.7. The number of piperazine rings is 1. The maximum atomic E-state index is 12.6. The summed E-state index contributed by atoms with van der Waals surface area (Å²) < 4.78 is 25.7. The molecule has 1 aromatic heterocycles. The molecule has 7 nitrogen and oxygen atoms in total. The number of hydrogen-bond donors (Lipinski definition) is 1. The molecule has 1 saturated heterocycles. The SMILES string of the molecule is CCS(=O)(=O)c1ccccc1C(=O)NCCN1CCN(c2nc3c(C)c(Cl)ccc3s2)CC1. The second-order valence-electron chi connectivity index (χ2n) is 8.00. The van der Waals surface area contributed by atoms with Crippen molar-refractivity contribution in [2.75, 3.05) is 49.9 Å². The first kappa shape index (κ1) is 23.9. The molecule has 2 heterocycles. The van der Waals surface area contributed by atoms with E-state index in [1.54, 1.807) is 36.5 Å². The van der Waals surface area contributed by atoms with Crippen molar-refractivity contribution in [3.8, 4) is 0 Å². The van der Waals surface area contributed by atoms with E-state index < -0.39 is 9.84 Å². The first-order valence-electron chi connectivity index (χ1n) is 10.9. The molecule has 1 aliphatic heterocycles. The average molecular weight is 507 g/mol. The zero-order valence-electron chi connectivity index (χ0n) is 18.7. The molecule has 1 amide bonds. The van der Waals surface area contributed by atoms with Crippen molar-refractivity contribution in [1.29, 1.82) is 0 Å². The van der Waals surface area contributed by atoms with Crippen molar-refractivity contribution in [3.63, 3.8) is 0 Å². The van der Waals surface area contributed by atoms with Crippen molar-refractivity contribution in [2.45, 2.75) is 18.7 Å². The van der Waals surface area contributed by atoms with Gasteiger partial charge in [-0.05, 0) is 36.8 Å². The maximum absolute atomic E-state index is 12.6. The first-order valence-corrected chi connectivity index (χ1v) is 13.8. The Balaban J connectivity index is 1.30. The van der Waals surface area contributed by atoms with Crippen LogP contribution < -0.4 is 10.2 Å². The smallest absolute Gasteiger partial charge is 0.252 e. The average Bonchev–Trinajstić information content (AvgIpc) is 3.27. The lowest BCUT2D eigenvalue weighted by Gasteiger charge is -2.34. The van der Waals surface area contributed by atoms with Gasteiger partial charge in [0.15, 0.2) is 15.0 Å². The Labute approximate surface area is 203 Å². The summed E-state index contributed by atoms with van der Waals surface area (Å²) in [6, 6.07) is 10.3. The normalized spacial score (nSPS) is 15.2. The van der Waals surface area contributed by atoms with Crippen LogP contribution in [0.2, 0.25) is 5.02 Å². The number of rotatable bonds is 7. The van der Waals surface area contributed by atoms with Gasteiger partial charge in [-0.3, -0.25) is 9.69 Å². The lowest BCUT2D eigenvalue weighted by molar-refractivity contribution is 0.0944. The fraction of sp³-hybridized carbons (Fsp3) is 0.391. The minimum Gasteiger partial charge on any atom is -0.351 e. The van der Waals surface area contributed by atoms with Crippen LogP contribution in [-0.2, 0) is 9.84 Å². The van der Waals surface area contributed by atoms with Crippen LogP contribution in [0, 0.1) is 6.92 Å². The number of hydrogen-bond acceptors (Lipinski definition) is 7. The maximum Gasteiger partial charge on any atom is 0.252 e. The molecule has 0 saturated carbocycles. The Bertz CT molecular complexity index is 1270. The molecule has 0 aliphatic carbocycles. The molecular formula is C23H27ClN4O3S2. The molecule has 0 bridgehead atoms. The highest BCUT2D eigenvalue weighted by atomic mass is 35.5. The van der Waals surface area contributed by atoms with E-state index in [0.29, 0.717) is 13.1 Å². The number of nitrogens with one attached hydrogen (secondary N) is 1. The van der Waals surface area contributed by atoms with Crippen LogP contribution in [0.1, 0.15) is 22.8 Å². The molecule has 3 aromatic rings. The van der Waals surface area contributed by atoms with Gasteiger partial charge in [0.25, 0.3) is 5.91 Å². The molecule has 1 fully saturated rings. The van der Waals surface area contributed by atoms with Gasteiger partial charge in [-0.25, -0.2) is 13.4 Å². The van der Waals surface area contributed by atoms with Crippen molar-refractivity contribution in [2.24, 2.45) is 0 Å². The van der Waals surface area contributed by atoms with Gasteiger partial charge in [0.1, 0.15) is 0 Å². The van der Waals surface area contributed by atoms with Crippen LogP contribution in [0.15, 0.2) is 41.3 Å². The largest absolute Gasteiger partial charge is 0.351 e. The zero-order valence-corrected chi connectivity index (χ0v) is 21.1. The van der Waals surface area contributed by atoms with E-state index >= 15 is 0 Å². The first-order chi connectivity index (χ1) is 15.8. The number of nitrogens with zero attached hydrogens (tertiary/aromatic N) is 3.